The molecule has 0 spiro atoms. The topological polar surface area (TPSA) is 76.2 Å². The molecule has 3 aromatic rings. The highest BCUT2D eigenvalue weighted by Gasteiger charge is 2.31. The summed E-state index contributed by atoms with van der Waals surface area (Å²) in [5.74, 6) is -0.0465. The van der Waals surface area contributed by atoms with E-state index in [4.69, 9.17) is 9.47 Å². The van der Waals surface area contributed by atoms with E-state index in [1.165, 1.54) is 0 Å². The summed E-state index contributed by atoms with van der Waals surface area (Å²) in [4.78, 5) is 42.2. The second-order valence-electron chi connectivity index (χ2n) is 9.92. The number of rotatable bonds is 6. The van der Waals surface area contributed by atoms with E-state index in [2.05, 4.69) is 0 Å². The third kappa shape index (κ3) is 5.87. The van der Waals surface area contributed by atoms with Crippen LogP contribution in [-0.4, -0.2) is 42.4 Å². The highest BCUT2D eigenvalue weighted by Crippen LogP contribution is 2.36. The average Bonchev–Trinajstić information content (AvgIpc) is 2.96. The van der Waals surface area contributed by atoms with Gasteiger partial charge in [0.1, 0.15) is 0 Å². The molecule has 0 saturated carbocycles. The summed E-state index contributed by atoms with van der Waals surface area (Å²) in [5.41, 5.74) is 4.19. The van der Waals surface area contributed by atoms with Crippen LogP contribution in [0.15, 0.2) is 78.6 Å². The van der Waals surface area contributed by atoms with Gasteiger partial charge in [-0.3, -0.25) is 19.3 Å². The summed E-state index contributed by atoms with van der Waals surface area (Å²) < 4.78 is 11.2. The Morgan fingerprint density at radius 1 is 1.03 bits per heavy atom. The van der Waals surface area contributed by atoms with Crippen molar-refractivity contribution in [3.05, 3.63) is 101 Å². The molecule has 2 aliphatic rings. The van der Waals surface area contributed by atoms with Gasteiger partial charge in [0.25, 0.3) is 11.8 Å². The predicted molar refractivity (Wildman–Crippen MR) is 149 cm³/mol. The van der Waals surface area contributed by atoms with Gasteiger partial charge in [-0.15, -0.1) is 0 Å². The maximum Gasteiger partial charge on any atom is 0.310 e. The van der Waals surface area contributed by atoms with Crippen molar-refractivity contribution in [3.63, 3.8) is 0 Å². The standard InChI is InChI=1S/C32H32N2O5/c1-3-38-32(37)26-7-6-18-33(21-26)30(35)25-16-14-23(15-17-25)19-29-31(36)34(20-24-12-10-22(2)11-13-24)27-8-4-5-9-28(27)39-29/h4-5,8-17,19,26H,3,6-7,18,20-21H2,1-2H3/b29-19+/t26-/m1/s1. The molecule has 7 nitrogen and oxygen atoms in total. The predicted octanol–water partition coefficient (Wildman–Crippen LogP) is 5.38. The first-order valence-electron chi connectivity index (χ1n) is 13.3. The van der Waals surface area contributed by atoms with E-state index in [-0.39, 0.29) is 29.5 Å². The molecule has 1 fully saturated rings. The first-order valence-corrected chi connectivity index (χ1v) is 13.3. The molecule has 39 heavy (non-hydrogen) atoms. The summed E-state index contributed by atoms with van der Waals surface area (Å²) >= 11 is 0. The van der Waals surface area contributed by atoms with Crippen molar-refractivity contribution in [1.82, 2.24) is 4.90 Å². The van der Waals surface area contributed by atoms with Crippen LogP contribution in [0.2, 0.25) is 0 Å². The molecule has 0 aliphatic carbocycles. The van der Waals surface area contributed by atoms with Crippen LogP contribution in [0.1, 0.15) is 46.8 Å². The molecule has 0 radical (unpaired) electrons. The van der Waals surface area contributed by atoms with Crippen LogP contribution in [0.4, 0.5) is 5.69 Å². The molecule has 200 valence electrons. The number of ether oxygens (including phenoxy) is 2. The maximum atomic E-state index is 13.5. The van der Waals surface area contributed by atoms with Crippen molar-refractivity contribution >= 4 is 29.5 Å². The van der Waals surface area contributed by atoms with E-state index in [1.54, 1.807) is 47.1 Å². The van der Waals surface area contributed by atoms with Crippen LogP contribution < -0.4 is 9.64 Å². The zero-order chi connectivity index (χ0) is 27.4. The highest BCUT2D eigenvalue weighted by atomic mass is 16.5. The molecule has 5 rings (SSSR count). The Morgan fingerprint density at radius 3 is 2.51 bits per heavy atom. The van der Waals surface area contributed by atoms with Crippen molar-refractivity contribution in [2.24, 2.45) is 5.92 Å². The van der Waals surface area contributed by atoms with Gasteiger partial charge < -0.3 is 14.4 Å². The lowest BCUT2D eigenvalue weighted by Gasteiger charge is -2.31. The Balaban J connectivity index is 1.33. The van der Waals surface area contributed by atoms with Gasteiger partial charge in [0.15, 0.2) is 11.5 Å². The number of aryl methyl sites for hydroxylation is 1. The largest absolute Gasteiger partial charge is 0.466 e. The van der Waals surface area contributed by atoms with Crippen LogP contribution in [0.25, 0.3) is 6.08 Å². The Kier molecular flexibility index (Phi) is 7.77. The van der Waals surface area contributed by atoms with E-state index < -0.39 is 0 Å². The van der Waals surface area contributed by atoms with E-state index in [0.717, 1.165) is 35.2 Å². The number of carbonyl (C=O) groups excluding carboxylic acids is 3. The minimum atomic E-state index is -0.285. The fourth-order valence-electron chi connectivity index (χ4n) is 4.97. The van der Waals surface area contributed by atoms with Crippen molar-refractivity contribution in [2.75, 3.05) is 24.6 Å². The van der Waals surface area contributed by atoms with E-state index in [0.29, 0.717) is 37.6 Å². The molecule has 7 heteroatoms. The molecular formula is C32H32N2O5. The third-order valence-electron chi connectivity index (χ3n) is 7.08. The Labute approximate surface area is 228 Å². The highest BCUT2D eigenvalue weighted by molar-refractivity contribution is 6.09. The van der Waals surface area contributed by atoms with E-state index >= 15 is 0 Å². The van der Waals surface area contributed by atoms with Gasteiger partial charge >= 0.3 is 5.97 Å². The number of amides is 2. The van der Waals surface area contributed by atoms with Crippen LogP contribution in [0, 0.1) is 12.8 Å². The quantitative estimate of drug-likeness (QED) is 0.320. The number of para-hydroxylation sites is 2. The lowest BCUT2D eigenvalue weighted by molar-refractivity contribution is -0.149. The molecule has 3 aromatic carbocycles. The Morgan fingerprint density at radius 2 is 1.77 bits per heavy atom. The molecule has 0 bridgehead atoms. The Hall–Kier alpha value is -4.39. The molecular weight excluding hydrogens is 492 g/mol. The molecule has 0 aromatic heterocycles. The lowest BCUT2D eigenvalue weighted by atomic mass is 9.97. The van der Waals surface area contributed by atoms with Crippen LogP contribution in [-0.2, 0) is 20.9 Å². The molecule has 1 atom stereocenters. The minimum Gasteiger partial charge on any atom is -0.466 e. The summed E-state index contributed by atoms with van der Waals surface area (Å²) in [6.45, 7) is 5.55. The third-order valence-corrected chi connectivity index (χ3v) is 7.08. The van der Waals surface area contributed by atoms with Gasteiger partial charge in [-0.2, -0.15) is 0 Å². The number of nitrogens with zero attached hydrogens (tertiary/aromatic N) is 2. The normalized spacial score (nSPS) is 17.9. The van der Waals surface area contributed by atoms with Gasteiger partial charge in [-0.25, -0.2) is 0 Å². The second kappa shape index (κ2) is 11.6. The summed E-state index contributed by atoms with van der Waals surface area (Å²) in [6.07, 6.45) is 3.19. The minimum absolute atomic E-state index is 0.119. The SMILES string of the molecule is CCOC(=O)[C@@H]1CCCN(C(=O)c2ccc(/C=C3/Oc4ccccc4N(Cc4ccc(C)cc4)C3=O)cc2)C1. The summed E-state index contributed by atoms with van der Waals surface area (Å²) in [6, 6.07) is 22.7. The smallest absolute Gasteiger partial charge is 0.310 e. The van der Waals surface area contributed by atoms with Crippen molar-refractivity contribution in [3.8, 4) is 5.75 Å². The average molecular weight is 525 g/mol. The molecule has 2 amide bonds. The maximum absolute atomic E-state index is 13.5. The molecule has 0 N–H and O–H groups in total. The van der Waals surface area contributed by atoms with Crippen molar-refractivity contribution < 1.29 is 23.9 Å². The van der Waals surface area contributed by atoms with Crippen molar-refractivity contribution in [2.45, 2.75) is 33.2 Å². The molecule has 2 heterocycles. The van der Waals surface area contributed by atoms with Crippen LogP contribution in [0.3, 0.4) is 0 Å². The first-order chi connectivity index (χ1) is 18.9. The lowest BCUT2D eigenvalue weighted by Crippen LogP contribution is -2.42. The van der Waals surface area contributed by atoms with Crippen LogP contribution >= 0.6 is 0 Å². The monoisotopic (exact) mass is 524 g/mol. The fraction of sp³-hybridized carbons (Fsp3) is 0.281. The molecule has 1 saturated heterocycles. The number of likely N-dealkylation sites (tertiary alicyclic amines) is 1. The second-order valence-corrected chi connectivity index (χ2v) is 9.92. The Bertz CT molecular complexity index is 1390. The number of carbonyl (C=O) groups is 3. The molecule has 0 unspecified atom stereocenters. The number of piperidine rings is 1. The summed E-state index contributed by atoms with van der Waals surface area (Å²) in [7, 11) is 0. The van der Waals surface area contributed by atoms with Gasteiger partial charge in [-0.1, -0.05) is 54.1 Å². The number of anilines is 1. The fourth-order valence-corrected chi connectivity index (χ4v) is 4.97. The van der Waals surface area contributed by atoms with Gasteiger partial charge in [0.05, 0.1) is 24.8 Å². The van der Waals surface area contributed by atoms with Crippen molar-refractivity contribution in [1.29, 1.82) is 0 Å². The zero-order valence-corrected chi connectivity index (χ0v) is 22.3. The summed E-state index contributed by atoms with van der Waals surface area (Å²) in [5, 5.41) is 0. The number of hydrogen-bond acceptors (Lipinski definition) is 5. The number of benzene rings is 3. The zero-order valence-electron chi connectivity index (χ0n) is 22.3. The first kappa shape index (κ1) is 26.2. The van der Waals surface area contributed by atoms with Crippen LogP contribution in [0.5, 0.6) is 5.75 Å². The number of hydrogen-bond donors (Lipinski definition) is 0. The number of fused-ring (bicyclic) bond motifs is 1. The van der Waals surface area contributed by atoms with Gasteiger partial charge in [0.2, 0.25) is 0 Å². The van der Waals surface area contributed by atoms with E-state index in [9.17, 15) is 14.4 Å². The van der Waals surface area contributed by atoms with E-state index in [1.807, 2.05) is 55.5 Å². The molecule has 2 aliphatic heterocycles. The number of esters is 1. The van der Waals surface area contributed by atoms with Gasteiger partial charge in [-0.05, 0) is 68.2 Å². The van der Waals surface area contributed by atoms with Gasteiger partial charge in [0, 0.05) is 18.7 Å².